The summed E-state index contributed by atoms with van der Waals surface area (Å²) in [5, 5.41) is 4.97. The van der Waals surface area contributed by atoms with Crippen molar-refractivity contribution < 1.29 is 0 Å². The van der Waals surface area contributed by atoms with Crippen molar-refractivity contribution >= 4 is 43.6 Å². The summed E-state index contributed by atoms with van der Waals surface area (Å²) in [7, 11) is 0. The van der Waals surface area contributed by atoms with Gasteiger partial charge in [-0.1, -0.05) is 194 Å². The maximum absolute atomic E-state index is 2.44. The maximum Gasteiger partial charge on any atom is 0.0702 e. The van der Waals surface area contributed by atoms with Crippen molar-refractivity contribution in [3.8, 4) is 33.6 Å². The Morgan fingerprint density at radius 1 is 0.222 bits per heavy atom. The summed E-state index contributed by atoms with van der Waals surface area (Å²) in [6.07, 6.45) is 0. The number of rotatable bonds is 8. The molecule has 0 fully saturated rings. The van der Waals surface area contributed by atoms with Gasteiger partial charge < -0.3 is 9.13 Å². The van der Waals surface area contributed by atoms with E-state index in [0.29, 0.717) is 0 Å². The normalized spacial score (nSPS) is 11.8. The van der Waals surface area contributed by atoms with Crippen LogP contribution in [0.4, 0.5) is 0 Å². The van der Waals surface area contributed by atoms with Crippen molar-refractivity contribution in [3.63, 3.8) is 0 Å². The van der Waals surface area contributed by atoms with E-state index >= 15 is 0 Å². The molecular formula is C61H42N2. The smallest absolute Gasteiger partial charge is 0.0702 e. The van der Waals surface area contributed by atoms with Gasteiger partial charge in [0.1, 0.15) is 0 Å². The highest BCUT2D eigenvalue weighted by molar-refractivity contribution is 6.12. The molecule has 0 aliphatic carbocycles. The van der Waals surface area contributed by atoms with Crippen LogP contribution in [0.15, 0.2) is 255 Å². The van der Waals surface area contributed by atoms with E-state index in [0.717, 1.165) is 5.69 Å². The molecule has 0 radical (unpaired) electrons. The Balaban J connectivity index is 0.995. The first-order valence-corrected chi connectivity index (χ1v) is 21.8. The number of nitrogens with zero attached hydrogens (tertiary/aromatic N) is 2. The molecule has 0 atom stereocenters. The molecule has 0 saturated heterocycles. The maximum atomic E-state index is 2.44. The first-order valence-electron chi connectivity index (χ1n) is 21.8. The summed E-state index contributed by atoms with van der Waals surface area (Å²) in [5.41, 5.74) is 16.3. The van der Waals surface area contributed by atoms with Crippen LogP contribution in [-0.4, -0.2) is 9.13 Å². The van der Waals surface area contributed by atoms with Crippen LogP contribution >= 0.6 is 0 Å². The van der Waals surface area contributed by atoms with Crippen LogP contribution < -0.4 is 0 Å². The first kappa shape index (κ1) is 36.6. The predicted octanol–water partition coefficient (Wildman–Crippen LogP) is 15.6. The summed E-state index contributed by atoms with van der Waals surface area (Å²) in [6.45, 7) is 0. The van der Waals surface area contributed by atoms with Gasteiger partial charge in [-0.25, -0.2) is 0 Å². The Morgan fingerprint density at radius 2 is 0.587 bits per heavy atom. The van der Waals surface area contributed by atoms with Gasteiger partial charge in [0.05, 0.1) is 27.5 Å². The van der Waals surface area contributed by atoms with Gasteiger partial charge in [-0.15, -0.1) is 0 Å². The minimum atomic E-state index is -0.549. The van der Waals surface area contributed by atoms with Crippen LogP contribution in [0.5, 0.6) is 0 Å². The highest BCUT2D eigenvalue weighted by Gasteiger charge is 2.38. The van der Waals surface area contributed by atoms with Crippen LogP contribution in [0.3, 0.4) is 0 Å². The van der Waals surface area contributed by atoms with Gasteiger partial charge in [-0.05, 0) is 105 Å². The number of hydrogen-bond acceptors (Lipinski definition) is 0. The van der Waals surface area contributed by atoms with Crippen LogP contribution in [0, 0.1) is 0 Å². The Labute approximate surface area is 367 Å². The molecule has 2 heteroatoms. The van der Waals surface area contributed by atoms with Gasteiger partial charge in [0.25, 0.3) is 0 Å². The summed E-state index contributed by atoms with van der Waals surface area (Å²) in [4.78, 5) is 0. The fourth-order valence-electron chi connectivity index (χ4n) is 10.2. The lowest BCUT2D eigenvalue weighted by Gasteiger charge is -2.37. The number of aromatic nitrogens is 2. The summed E-state index contributed by atoms with van der Waals surface area (Å²) >= 11 is 0. The molecule has 2 nitrogen and oxygen atoms in total. The van der Waals surface area contributed by atoms with Crippen molar-refractivity contribution in [1.82, 2.24) is 9.13 Å². The monoisotopic (exact) mass is 802 g/mol. The minimum Gasteiger partial charge on any atom is -0.309 e. The molecule has 0 bridgehead atoms. The first-order chi connectivity index (χ1) is 31.3. The number of para-hydroxylation sites is 3. The Morgan fingerprint density at radius 3 is 1.06 bits per heavy atom. The third-order valence-corrected chi connectivity index (χ3v) is 13.1. The minimum absolute atomic E-state index is 0.549. The second kappa shape index (κ2) is 15.1. The van der Waals surface area contributed by atoms with Gasteiger partial charge in [0.2, 0.25) is 0 Å². The third-order valence-electron chi connectivity index (χ3n) is 13.1. The van der Waals surface area contributed by atoms with Gasteiger partial charge in [-0.3, -0.25) is 0 Å². The van der Waals surface area contributed by atoms with Gasteiger partial charge in [0, 0.05) is 32.9 Å². The van der Waals surface area contributed by atoms with Crippen LogP contribution in [-0.2, 0) is 5.41 Å². The standard InChI is InChI=1S/C61H42N2/c1-6-18-47(19-7-1)61(48-20-8-2-9-21-48,49-22-10-3-11-23-49)50-36-37-54-56-41-46(35-39-59(56)63(60(54)42-50)52-26-14-5-15-27-52)44-32-30-43(31-33-44)45-34-38-58-55(40-45)53-28-16-17-29-57(53)62(58)51-24-12-4-13-25-51/h1-42H. The molecule has 2 aromatic heterocycles. The van der Waals surface area contributed by atoms with E-state index in [1.807, 2.05) is 0 Å². The molecular weight excluding hydrogens is 761 g/mol. The second-order valence-electron chi connectivity index (χ2n) is 16.5. The molecule has 0 aliphatic heterocycles. The van der Waals surface area contributed by atoms with E-state index in [9.17, 15) is 0 Å². The topological polar surface area (TPSA) is 9.86 Å². The Hall–Kier alpha value is -8.20. The molecule has 12 rings (SSSR count). The lowest BCUT2D eigenvalue weighted by Crippen LogP contribution is -2.31. The summed E-state index contributed by atoms with van der Waals surface area (Å²) < 4.78 is 4.81. The van der Waals surface area contributed by atoms with Crippen molar-refractivity contribution in [1.29, 1.82) is 0 Å². The lowest BCUT2D eigenvalue weighted by molar-refractivity contribution is 0.746. The zero-order valence-electron chi connectivity index (χ0n) is 34.6. The fraction of sp³-hybridized carbons (Fsp3) is 0.0164. The third kappa shape index (κ3) is 5.95. The van der Waals surface area contributed by atoms with Crippen molar-refractivity contribution in [2.24, 2.45) is 0 Å². The van der Waals surface area contributed by atoms with E-state index in [1.54, 1.807) is 0 Å². The molecule has 63 heavy (non-hydrogen) atoms. The predicted molar refractivity (Wildman–Crippen MR) is 264 cm³/mol. The quantitative estimate of drug-likeness (QED) is 0.135. The van der Waals surface area contributed by atoms with E-state index in [2.05, 4.69) is 264 Å². The fourth-order valence-corrected chi connectivity index (χ4v) is 10.2. The molecule has 0 amide bonds. The van der Waals surface area contributed by atoms with E-state index < -0.39 is 5.41 Å². The largest absolute Gasteiger partial charge is 0.309 e. The number of fused-ring (bicyclic) bond motifs is 6. The SMILES string of the molecule is c1ccc(-n2c3ccccc3c3cc(-c4ccc(-c5ccc6c(c5)c5ccc(C(c7ccccc7)(c7ccccc7)c7ccccc7)cc5n6-c5ccccc5)cc4)ccc32)cc1. The molecule has 0 saturated carbocycles. The van der Waals surface area contributed by atoms with Crippen molar-refractivity contribution in [3.05, 3.63) is 277 Å². The highest BCUT2D eigenvalue weighted by Crippen LogP contribution is 2.47. The molecule has 10 aromatic carbocycles. The molecule has 296 valence electrons. The van der Waals surface area contributed by atoms with Crippen LogP contribution in [0.1, 0.15) is 22.3 Å². The Kier molecular flexibility index (Phi) is 8.76. The average Bonchev–Trinajstić information content (AvgIpc) is 3.88. The van der Waals surface area contributed by atoms with Crippen LogP contribution in [0.25, 0.3) is 77.2 Å². The molecule has 2 heterocycles. The molecule has 0 unspecified atom stereocenters. The average molecular weight is 803 g/mol. The zero-order chi connectivity index (χ0) is 41.7. The Bertz CT molecular complexity index is 3470. The second-order valence-corrected chi connectivity index (χ2v) is 16.5. The van der Waals surface area contributed by atoms with E-state index in [4.69, 9.17) is 0 Å². The number of hydrogen-bond donors (Lipinski definition) is 0. The molecule has 0 spiro atoms. The summed E-state index contributed by atoms with van der Waals surface area (Å²) in [6, 6.07) is 93.2. The van der Waals surface area contributed by atoms with Crippen LogP contribution in [0.2, 0.25) is 0 Å². The van der Waals surface area contributed by atoms with E-state index in [1.165, 1.54) is 93.8 Å². The highest BCUT2D eigenvalue weighted by atomic mass is 15.0. The van der Waals surface area contributed by atoms with Crippen molar-refractivity contribution in [2.75, 3.05) is 0 Å². The van der Waals surface area contributed by atoms with Gasteiger partial charge >= 0.3 is 0 Å². The van der Waals surface area contributed by atoms with Gasteiger partial charge in [0.15, 0.2) is 0 Å². The summed E-state index contributed by atoms with van der Waals surface area (Å²) in [5.74, 6) is 0. The molecule has 0 N–H and O–H groups in total. The van der Waals surface area contributed by atoms with Gasteiger partial charge in [-0.2, -0.15) is 0 Å². The van der Waals surface area contributed by atoms with E-state index in [-0.39, 0.29) is 0 Å². The van der Waals surface area contributed by atoms with Crippen molar-refractivity contribution in [2.45, 2.75) is 5.41 Å². The zero-order valence-corrected chi connectivity index (χ0v) is 34.6. The lowest BCUT2D eigenvalue weighted by atomic mass is 9.65. The number of benzene rings is 10. The molecule has 12 aromatic rings. The molecule has 0 aliphatic rings.